The van der Waals surface area contributed by atoms with Gasteiger partial charge in [-0.15, -0.1) is 10.2 Å². The molecule has 128 valence electrons. The molecule has 7 heteroatoms. The summed E-state index contributed by atoms with van der Waals surface area (Å²) in [4.78, 5) is 14.8. The van der Waals surface area contributed by atoms with Crippen molar-refractivity contribution in [1.82, 2.24) is 25.0 Å². The zero-order chi connectivity index (χ0) is 17.1. The molecule has 0 unspecified atom stereocenters. The van der Waals surface area contributed by atoms with Crippen molar-refractivity contribution in [2.24, 2.45) is 0 Å². The van der Waals surface area contributed by atoms with Crippen LogP contribution in [0.1, 0.15) is 24.2 Å². The molecule has 0 spiro atoms. The number of hydrogen-bond acceptors (Lipinski definition) is 5. The maximum absolute atomic E-state index is 12.5. The highest BCUT2D eigenvalue weighted by Crippen LogP contribution is 2.17. The highest BCUT2D eigenvalue weighted by molar-refractivity contribution is 5.94. The summed E-state index contributed by atoms with van der Waals surface area (Å²) >= 11 is 0. The van der Waals surface area contributed by atoms with Gasteiger partial charge in [-0.1, -0.05) is 0 Å². The molecule has 0 saturated carbocycles. The van der Waals surface area contributed by atoms with Crippen LogP contribution < -0.4 is 5.32 Å². The van der Waals surface area contributed by atoms with Crippen LogP contribution in [0.5, 0.6) is 0 Å². The van der Waals surface area contributed by atoms with Gasteiger partial charge in [-0.2, -0.15) is 0 Å². The van der Waals surface area contributed by atoms with E-state index >= 15 is 0 Å². The van der Waals surface area contributed by atoms with Gasteiger partial charge in [0, 0.05) is 37.5 Å². The van der Waals surface area contributed by atoms with Crippen LogP contribution in [0.15, 0.2) is 36.9 Å². The Morgan fingerprint density at radius 2 is 1.88 bits per heavy atom. The van der Waals surface area contributed by atoms with Gasteiger partial charge in [0.25, 0.3) is 5.91 Å². The Morgan fingerprint density at radius 1 is 1.21 bits per heavy atom. The van der Waals surface area contributed by atoms with Gasteiger partial charge in [-0.05, 0) is 38.1 Å². The molecule has 0 bridgehead atoms. The van der Waals surface area contributed by atoms with Crippen molar-refractivity contribution in [3.05, 3.63) is 42.5 Å². The van der Waals surface area contributed by atoms with Crippen molar-refractivity contribution in [2.75, 3.05) is 20.2 Å². The second-order valence-corrected chi connectivity index (χ2v) is 6.32. The molecule has 1 aliphatic heterocycles. The topological polar surface area (TPSA) is 72.3 Å². The molecule has 1 N–H and O–H groups in total. The number of hydrogen-bond donors (Lipinski definition) is 1. The summed E-state index contributed by atoms with van der Waals surface area (Å²) in [5.41, 5.74) is 1.54. The van der Waals surface area contributed by atoms with E-state index < -0.39 is 0 Å². The molecule has 1 aliphatic rings. The number of carbonyl (C=O) groups excluding carboxylic acids is 1. The van der Waals surface area contributed by atoms with Crippen molar-refractivity contribution in [2.45, 2.75) is 32.0 Å². The van der Waals surface area contributed by atoms with E-state index in [-0.39, 0.29) is 18.1 Å². The average Bonchev–Trinajstić information content (AvgIpc) is 3.24. The fraction of sp³-hybridized carbons (Fsp3) is 0.471. The highest BCUT2D eigenvalue weighted by Gasteiger charge is 2.35. The van der Waals surface area contributed by atoms with E-state index in [2.05, 4.69) is 34.3 Å². The van der Waals surface area contributed by atoms with Crippen molar-refractivity contribution in [3.8, 4) is 5.69 Å². The van der Waals surface area contributed by atoms with Crippen LogP contribution in [0.2, 0.25) is 0 Å². The SMILES string of the molecule is CO[C@@H]1CN(C(C)C)C[C@H]1NC(=O)c1ccc(-n2cnnc2)cc1. The summed E-state index contributed by atoms with van der Waals surface area (Å²) in [5.74, 6) is -0.0806. The molecule has 3 rings (SSSR count). The number of nitrogens with one attached hydrogen (secondary N) is 1. The summed E-state index contributed by atoms with van der Waals surface area (Å²) in [5, 5.41) is 10.7. The Hall–Kier alpha value is -2.25. The molecule has 0 aliphatic carbocycles. The van der Waals surface area contributed by atoms with Crippen molar-refractivity contribution in [3.63, 3.8) is 0 Å². The van der Waals surface area contributed by atoms with Gasteiger partial charge < -0.3 is 10.1 Å². The first kappa shape index (κ1) is 16.6. The Morgan fingerprint density at radius 3 is 2.46 bits per heavy atom. The van der Waals surface area contributed by atoms with Crippen LogP contribution in [0, 0.1) is 0 Å². The molecular weight excluding hydrogens is 306 g/mol. The Balaban J connectivity index is 1.66. The van der Waals surface area contributed by atoms with E-state index in [0.29, 0.717) is 11.6 Å². The van der Waals surface area contributed by atoms with Gasteiger partial charge in [-0.3, -0.25) is 14.3 Å². The van der Waals surface area contributed by atoms with E-state index in [0.717, 1.165) is 18.8 Å². The molecule has 1 amide bonds. The second-order valence-electron chi connectivity index (χ2n) is 6.32. The van der Waals surface area contributed by atoms with Gasteiger partial charge in [0.05, 0.1) is 12.1 Å². The number of ether oxygens (including phenoxy) is 1. The van der Waals surface area contributed by atoms with Crippen LogP contribution in [0.3, 0.4) is 0 Å². The monoisotopic (exact) mass is 329 g/mol. The largest absolute Gasteiger partial charge is 0.378 e. The lowest BCUT2D eigenvalue weighted by molar-refractivity contribution is 0.0753. The van der Waals surface area contributed by atoms with E-state index in [9.17, 15) is 4.79 Å². The molecule has 0 radical (unpaired) electrons. The van der Waals surface area contributed by atoms with E-state index in [4.69, 9.17) is 4.74 Å². The summed E-state index contributed by atoms with van der Waals surface area (Å²) in [6.07, 6.45) is 3.27. The van der Waals surface area contributed by atoms with Gasteiger partial charge in [0.15, 0.2) is 0 Å². The first-order valence-electron chi connectivity index (χ1n) is 8.11. The summed E-state index contributed by atoms with van der Waals surface area (Å²) < 4.78 is 7.33. The van der Waals surface area contributed by atoms with Crippen LogP contribution in [-0.4, -0.2) is 64.0 Å². The highest BCUT2D eigenvalue weighted by atomic mass is 16.5. The molecule has 1 saturated heterocycles. The van der Waals surface area contributed by atoms with Crippen molar-refractivity contribution in [1.29, 1.82) is 0 Å². The normalized spacial score (nSPS) is 21.3. The molecule has 7 nitrogen and oxygen atoms in total. The van der Waals surface area contributed by atoms with Gasteiger partial charge in [0.1, 0.15) is 12.7 Å². The van der Waals surface area contributed by atoms with Crippen molar-refractivity contribution < 1.29 is 9.53 Å². The molecule has 2 aromatic rings. The van der Waals surface area contributed by atoms with Crippen LogP contribution in [-0.2, 0) is 4.74 Å². The van der Waals surface area contributed by atoms with E-state index in [1.54, 1.807) is 24.3 Å². The number of benzene rings is 1. The Labute approximate surface area is 141 Å². The average molecular weight is 329 g/mol. The minimum absolute atomic E-state index is 0.00225. The number of amides is 1. The second kappa shape index (κ2) is 7.11. The minimum Gasteiger partial charge on any atom is -0.378 e. The third-order valence-corrected chi connectivity index (χ3v) is 4.49. The first-order chi connectivity index (χ1) is 11.6. The molecule has 1 aromatic heterocycles. The standard InChI is InChI=1S/C17H23N5O2/c1-12(2)21-8-15(16(9-21)24-3)20-17(23)13-4-6-14(7-5-13)22-10-18-19-11-22/h4-7,10-12,15-16H,8-9H2,1-3H3,(H,20,23)/t15-,16-/m1/s1. The lowest BCUT2D eigenvalue weighted by Crippen LogP contribution is -2.43. The zero-order valence-corrected chi connectivity index (χ0v) is 14.2. The van der Waals surface area contributed by atoms with Crippen molar-refractivity contribution >= 4 is 5.91 Å². The number of carbonyl (C=O) groups is 1. The smallest absolute Gasteiger partial charge is 0.251 e. The third-order valence-electron chi connectivity index (χ3n) is 4.49. The Bertz CT molecular complexity index is 669. The van der Waals surface area contributed by atoms with E-state index in [1.807, 2.05) is 24.3 Å². The number of rotatable bonds is 5. The molecule has 2 heterocycles. The molecule has 1 fully saturated rings. The fourth-order valence-corrected chi connectivity index (χ4v) is 2.97. The number of nitrogens with zero attached hydrogens (tertiary/aromatic N) is 4. The summed E-state index contributed by atoms with van der Waals surface area (Å²) in [7, 11) is 1.70. The molecule has 1 aromatic carbocycles. The minimum atomic E-state index is -0.0806. The zero-order valence-electron chi connectivity index (χ0n) is 14.2. The maximum Gasteiger partial charge on any atom is 0.251 e. The maximum atomic E-state index is 12.5. The molecule has 2 atom stereocenters. The summed E-state index contributed by atoms with van der Waals surface area (Å²) in [6, 6.07) is 7.81. The molecular formula is C17H23N5O2. The predicted octanol–water partition coefficient (Wildman–Crippen LogP) is 1.10. The number of methoxy groups -OCH3 is 1. The first-order valence-corrected chi connectivity index (χ1v) is 8.11. The Kier molecular flexibility index (Phi) is 4.92. The van der Waals surface area contributed by atoms with Crippen LogP contribution >= 0.6 is 0 Å². The lowest BCUT2D eigenvalue weighted by atomic mass is 10.1. The van der Waals surface area contributed by atoms with Crippen LogP contribution in [0.25, 0.3) is 5.69 Å². The van der Waals surface area contributed by atoms with Gasteiger partial charge >= 0.3 is 0 Å². The molecule has 24 heavy (non-hydrogen) atoms. The lowest BCUT2D eigenvalue weighted by Gasteiger charge is -2.20. The third kappa shape index (κ3) is 3.47. The summed E-state index contributed by atoms with van der Waals surface area (Å²) in [6.45, 7) is 5.95. The van der Waals surface area contributed by atoms with Crippen LogP contribution in [0.4, 0.5) is 0 Å². The fourth-order valence-electron chi connectivity index (χ4n) is 2.97. The quantitative estimate of drug-likeness (QED) is 0.889. The van der Waals surface area contributed by atoms with E-state index in [1.165, 1.54) is 0 Å². The van der Waals surface area contributed by atoms with Gasteiger partial charge in [-0.25, -0.2) is 0 Å². The van der Waals surface area contributed by atoms with Gasteiger partial charge in [0.2, 0.25) is 0 Å². The predicted molar refractivity (Wildman–Crippen MR) is 90.1 cm³/mol. The number of aromatic nitrogens is 3. The number of likely N-dealkylation sites (tertiary alicyclic amines) is 1.